The van der Waals surface area contributed by atoms with E-state index in [4.69, 9.17) is 4.74 Å². The second-order valence-electron chi connectivity index (χ2n) is 5.21. The van der Waals surface area contributed by atoms with E-state index in [1.54, 1.807) is 18.4 Å². The third kappa shape index (κ3) is 3.87. The van der Waals surface area contributed by atoms with Gasteiger partial charge in [0.25, 0.3) is 0 Å². The van der Waals surface area contributed by atoms with Crippen molar-refractivity contribution in [1.29, 1.82) is 0 Å². The van der Waals surface area contributed by atoms with Crippen molar-refractivity contribution in [3.63, 3.8) is 0 Å². The van der Waals surface area contributed by atoms with Gasteiger partial charge in [-0.2, -0.15) is 0 Å². The molecule has 0 aliphatic heterocycles. The van der Waals surface area contributed by atoms with Crippen LogP contribution in [0.2, 0.25) is 0 Å². The highest BCUT2D eigenvalue weighted by atomic mass is 79.9. The molecule has 1 atom stereocenters. The van der Waals surface area contributed by atoms with Crippen molar-refractivity contribution in [1.82, 2.24) is 5.32 Å². The van der Waals surface area contributed by atoms with Gasteiger partial charge in [0, 0.05) is 4.88 Å². The molecule has 1 unspecified atom stereocenters. The largest absolute Gasteiger partial charge is 0.496 e. The molecule has 0 amide bonds. The quantitative estimate of drug-likeness (QED) is 0.754. The minimum absolute atomic E-state index is 0.242. The van der Waals surface area contributed by atoms with Crippen LogP contribution in [0, 0.1) is 13.8 Å². The maximum atomic E-state index is 5.43. The van der Waals surface area contributed by atoms with Crippen LogP contribution < -0.4 is 10.1 Å². The van der Waals surface area contributed by atoms with Crippen LogP contribution in [0.4, 0.5) is 0 Å². The molecule has 114 valence electrons. The molecule has 1 N–H and O–H groups in total. The van der Waals surface area contributed by atoms with Crippen molar-refractivity contribution in [2.45, 2.75) is 33.2 Å². The van der Waals surface area contributed by atoms with Gasteiger partial charge in [0.1, 0.15) is 5.75 Å². The predicted molar refractivity (Wildman–Crippen MR) is 94.6 cm³/mol. The average Bonchev–Trinajstić information content (AvgIpc) is 2.89. The van der Waals surface area contributed by atoms with Crippen LogP contribution in [0.15, 0.2) is 28.1 Å². The monoisotopic (exact) mass is 367 g/mol. The Morgan fingerprint density at radius 2 is 2.00 bits per heavy atom. The van der Waals surface area contributed by atoms with Gasteiger partial charge in [-0.3, -0.25) is 0 Å². The minimum Gasteiger partial charge on any atom is -0.496 e. The summed E-state index contributed by atoms with van der Waals surface area (Å²) in [6.07, 6.45) is 1.12. The van der Waals surface area contributed by atoms with Crippen LogP contribution in [-0.2, 0) is 0 Å². The average molecular weight is 368 g/mol. The third-order valence-electron chi connectivity index (χ3n) is 3.57. The van der Waals surface area contributed by atoms with Crippen LogP contribution in [-0.4, -0.2) is 13.7 Å². The van der Waals surface area contributed by atoms with E-state index < -0.39 is 0 Å². The third-order valence-corrected chi connectivity index (χ3v) is 5.26. The molecule has 2 rings (SSSR count). The Labute approximate surface area is 139 Å². The number of rotatable bonds is 6. The summed E-state index contributed by atoms with van der Waals surface area (Å²) >= 11 is 5.36. The van der Waals surface area contributed by atoms with E-state index in [1.165, 1.54) is 25.4 Å². The Balaban J connectivity index is 2.43. The summed E-state index contributed by atoms with van der Waals surface area (Å²) in [5.74, 6) is 0.956. The normalized spacial score (nSPS) is 12.4. The van der Waals surface area contributed by atoms with Gasteiger partial charge < -0.3 is 10.1 Å². The first-order valence-electron chi connectivity index (χ1n) is 7.20. The van der Waals surface area contributed by atoms with Crippen LogP contribution in [0.5, 0.6) is 5.75 Å². The van der Waals surface area contributed by atoms with Gasteiger partial charge in [0.15, 0.2) is 0 Å². The molecule has 2 aromatic rings. The SMILES string of the molecule is CCCNC(c1ccc(Br)s1)c1cc(C)c(OC)cc1C. The highest BCUT2D eigenvalue weighted by molar-refractivity contribution is 9.11. The molecule has 0 aliphatic carbocycles. The first-order valence-corrected chi connectivity index (χ1v) is 8.81. The lowest BCUT2D eigenvalue weighted by Gasteiger charge is -2.21. The number of ether oxygens (including phenoxy) is 1. The highest BCUT2D eigenvalue weighted by Gasteiger charge is 2.18. The number of methoxy groups -OCH3 is 1. The maximum Gasteiger partial charge on any atom is 0.122 e. The number of hydrogen-bond donors (Lipinski definition) is 1. The van der Waals surface area contributed by atoms with Gasteiger partial charge in [-0.15, -0.1) is 11.3 Å². The van der Waals surface area contributed by atoms with Crippen molar-refractivity contribution in [2.75, 3.05) is 13.7 Å². The van der Waals surface area contributed by atoms with Gasteiger partial charge in [-0.1, -0.05) is 13.0 Å². The van der Waals surface area contributed by atoms with E-state index in [9.17, 15) is 0 Å². The molecule has 0 aliphatic rings. The Bertz CT molecular complexity index is 609. The van der Waals surface area contributed by atoms with Crippen molar-refractivity contribution >= 4 is 27.3 Å². The maximum absolute atomic E-state index is 5.43. The summed E-state index contributed by atoms with van der Waals surface area (Å²) in [6.45, 7) is 7.45. The van der Waals surface area contributed by atoms with E-state index in [0.29, 0.717) is 0 Å². The van der Waals surface area contributed by atoms with Gasteiger partial charge in [0.2, 0.25) is 0 Å². The summed E-state index contributed by atoms with van der Waals surface area (Å²) in [4.78, 5) is 1.34. The molecular formula is C17H22BrNOS. The second-order valence-corrected chi connectivity index (χ2v) is 7.70. The molecule has 0 saturated heterocycles. The minimum atomic E-state index is 0.242. The molecule has 1 aromatic heterocycles. The fourth-order valence-electron chi connectivity index (χ4n) is 2.48. The lowest BCUT2D eigenvalue weighted by atomic mass is 9.97. The van der Waals surface area contributed by atoms with E-state index in [1.807, 2.05) is 0 Å². The van der Waals surface area contributed by atoms with E-state index >= 15 is 0 Å². The topological polar surface area (TPSA) is 21.3 Å². The number of halogens is 1. The molecule has 0 saturated carbocycles. The summed E-state index contributed by atoms with van der Waals surface area (Å²) in [6, 6.07) is 8.93. The molecule has 4 heteroatoms. The number of thiophene rings is 1. The summed E-state index contributed by atoms with van der Waals surface area (Å²) in [5.41, 5.74) is 3.77. The van der Waals surface area contributed by atoms with Crippen molar-refractivity contribution in [3.05, 3.63) is 49.6 Å². The predicted octanol–water partition coefficient (Wildman–Crippen LogP) is 5.23. The van der Waals surface area contributed by atoms with E-state index in [2.05, 4.69) is 66.3 Å². The second kappa shape index (κ2) is 7.43. The van der Waals surface area contributed by atoms with Crippen LogP contribution in [0.25, 0.3) is 0 Å². The molecular weight excluding hydrogens is 346 g/mol. The standard InChI is InChI=1S/C17H22BrNOS/c1-5-8-19-17(15-6-7-16(18)21-15)13-9-12(3)14(20-4)10-11(13)2/h6-7,9-10,17,19H,5,8H2,1-4H3. The molecule has 21 heavy (non-hydrogen) atoms. The Hall–Kier alpha value is -0.840. The van der Waals surface area contributed by atoms with E-state index in [0.717, 1.165) is 18.7 Å². The van der Waals surface area contributed by atoms with Gasteiger partial charge >= 0.3 is 0 Å². The van der Waals surface area contributed by atoms with Crippen molar-refractivity contribution < 1.29 is 4.74 Å². The van der Waals surface area contributed by atoms with Crippen molar-refractivity contribution in [3.8, 4) is 5.75 Å². The van der Waals surface area contributed by atoms with Crippen LogP contribution in [0.1, 0.15) is 41.0 Å². The van der Waals surface area contributed by atoms with Crippen LogP contribution in [0.3, 0.4) is 0 Å². The highest BCUT2D eigenvalue weighted by Crippen LogP contribution is 2.35. The number of hydrogen-bond acceptors (Lipinski definition) is 3. The van der Waals surface area contributed by atoms with E-state index in [-0.39, 0.29) is 6.04 Å². The first-order chi connectivity index (χ1) is 10.1. The molecule has 0 fully saturated rings. The Kier molecular flexibility index (Phi) is 5.85. The molecule has 1 aromatic carbocycles. The molecule has 1 heterocycles. The lowest BCUT2D eigenvalue weighted by molar-refractivity contribution is 0.411. The molecule has 0 radical (unpaired) electrons. The summed E-state index contributed by atoms with van der Waals surface area (Å²) in [7, 11) is 1.73. The number of nitrogens with one attached hydrogen (secondary N) is 1. The number of aryl methyl sites for hydroxylation is 2. The molecule has 0 spiro atoms. The van der Waals surface area contributed by atoms with Gasteiger partial charge in [0.05, 0.1) is 16.9 Å². The summed E-state index contributed by atoms with van der Waals surface area (Å²) < 4.78 is 6.60. The zero-order valence-corrected chi connectivity index (χ0v) is 15.4. The lowest BCUT2D eigenvalue weighted by Crippen LogP contribution is -2.23. The number of benzene rings is 1. The summed E-state index contributed by atoms with van der Waals surface area (Å²) in [5, 5.41) is 3.67. The fourth-order valence-corrected chi connectivity index (χ4v) is 4.00. The Morgan fingerprint density at radius 3 is 2.57 bits per heavy atom. The smallest absolute Gasteiger partial charge is 0.122 e. The first kappa shape index (κ1) is 16.5. The zero-order valence-electron chi connectivity index (χ0n) is 13.0. The molecule has 0 bridgehead atoms. The fraction of sp³-hybridized carbons (Fsp3) is 0.412. The Morgan fingerprint density at radius 1 is 1.24 bits per heavy atom. The zero-order chi connectivity index (χ0) is 15.4. The van der Waals surface area contributed by atoms with Crippen LogP contribution >= 0.6 is 27.3 Å². The van der Waals surface area contributed by atoms with Gasteiger partial charge in [-0.05, 0) is 77.6 Å². The molecule has 2 nitrogen and oxygen atoms in total. The van der Waals surface area contributed by atoms with Crippen molar-refractivity contribution in [2.24, 2.45) is 0 Å². The van der Waals surface area contributed by atoms with Gasteiger partial charge in [-0.25, -0.2) is 0 Å².